The Hall–Kier alpha value is -1.70. The highest BCUT2D eigenvalue weighted by Crippen LogP contribution is 2.28. The molecule has 1 aromatic rings. The van der Waals surface area contributed by atoms with Crippen molar-refractivity contribution in [2.45, 2.75) is 6.42 Å². The molecule has 8 heteroatoms. The molecule has 92 valence electrons. The Kier molecular flexibility index (Phi) is 4.38. The van der Waals surface area contributed by atoms with Gasteiger partial charge in [0.2, 0.25) is 0 Å². The van der Waals surface area contributed by atoms with E-state index in [1.165, 1.54) is 0 Å². The van der Waals surface area contributed by atoms with Crippen molar-refractivity contribution in [3.8, 4) is 0 Å². The predicted molar refractivity (Wildman–Crippen MR) is 58.4 cm³/mol. The molecule has 0 fully saturated rings. The van der Waals surface area contributed by atoms with Gasteiger partial charge >= 0.3 is 6.16 Å². The van der Waals surface area contributed by atoms with E-state index in [-0.39, 0.29) is 28.8 Å². The largest absolute Gasteiger partial charge is 0.505 e. The number of carboxylic acid groups (broad SMARTS) is 1. The number of halogens is 2. The Labute approximate surface area is 103 Å². The molecule has 1 rings (SSSR count). The van der Waals surface area contributed by atoms with Crippen molar-refractivity contribution in [2.24, 2.45) is 0 Å². The number of ether oxygens (including phenoxy) is 1. The van der Waals surface area contributed by atoms with Crippen LogP contribution >= 0.6 is 15.9 Å². The van der Waals surface area contributed by atoms with Crippen molar-refractivity contribution in [3.05, 3.63) is 38.1 Å². The van der Waals surface area contributed by atoms with Crippen LogP contribution in [0.15, 0.2) is 16.6 Å². The molecule has 0 aliphatic carbocycles. The molecule has 1 N–H and O–H groups in total. The van der Waals surface area contributed by atoms with E-state index in [0.717, 1.165) is 12.1 Å². The zero-order valence-corrected chi connectivity index (χ0v) is 9.94. The van der Waals surface area contributed by atoms with Gasteiger partial charge < -0.3 is 9.84 Å². The number of rotatable bonds is 4. The fourth-order valence-corrected chi connectivity index (χ4v) is 1.62. The van der Waals surface area contributed by atoms with Crippen LogP contribution in [-0.4, -0.2) is 22.8 Å². The van der Waals surface area contributed by atoms with Gasteiger partial charge in [-0.15, -0.1) is 0 Å². The van der Waals surface area contributed by atoms with E-state index in [0.29, 0.717) is 0 Å². The second-order valence-corrected chi connectivity index (χ2v) is 3.87. The van der Waals surface area contributed by atoms with Crippen LogP contribution in [-0.2, 0) is 11.2 Å². The minimum absolute atomic E-state index is 0.0288. The third kappa shape index (κ3) is 3.66. The summed E-state index contributed by atoms with van der Waals surface area (Å²) < 4.78 is 17.6. The number of benzene rings is 1. The van der Waals surface area contributed by atoms with Gasteiger partial charge in [-0.1, -0.05) is 0 Å². The second-order valence-electron chi connectivity index (χ2n) is 3.02. The van der Waals surface area contributed by atoms with Gasteiger partial charge in [-0.05, 0) is 27.6 Å². The topological polar surface area (TPSA) is 89.7 Å². The number of hydrogen-bond acceptors (Lipinski definition) is 4. The maximum absolute atomic E-state index is 13.4. The summed E-state index contributed by atoms with van der Waals surface area (Å²) in [5.74, 6) is -0.656. The highest BCUT2D eigenvalue weighted by Gasteiger charge is 2.16. The van der Waals surface area contributed by atoms with Crippen LogP contribution in [0.2, 0.25) is 0 Å². The average Bonchev–Trinajstić information content (AvgIpc) is 2.20. The zero-order valence-electron chi connectivity index (χ0n) is 8.35. The van der Waals surface area contributed by atoms with Crippen molar-refractivity contribution in [2.75, 3.05) is 6.61 Å². The lowest BCUT2D eigenvalue weighted by molar-refractivity contribution is -0.385. The smallest absolute Gasteiger partial charge is 0.450 e. The molecular formula is C9H7BrFNO5. The van der Waals surface area contributed by atoms with E-state index in [9.17, 15) is 19.3 Å². The summed E-state index contributed by atoms with van der Waals surface area (Å²) in [6.45, 7) is -0.259. The van der Waals surface area contributed by atoms with Gasteiger partial charge in [0.15, 0.2) is 0 Å². The quantitative estimate of drug-likeness (QED) is 0.525. The SMILES string of the molecule is O=C(O)OCCc1cc([N+](=O)[O-])c(Br)cc1F. The number of nitro groups is 1. The number of hydrogen-bond donors (Lipinski definition) is 1. The number of nitrogens with zero attached hydrogens (tertiary/aromatic N) is 1. The molecule has 0 amide bonds. The maximum atomic E-state index is 13.4. The fourth-order valence-electron chi connectivity index (χ4n) is 1.16. The van der Waals surface area contributed by atoms with Gasteiger partial charge in [0.1, 0.15) is 5.82 Å². The molecule has 1 aromatic carbocycles. The van der Waals surface area contributed by atoms with Gasteiger partial charge in [0.05, 0.1) is 16.0 Å². The van der Waals surface area contributed by atoms with Crippen LogP contribution in [0.5, 0.6) is 0 Å². The minimum atomic E-state index is -1.47. The standard InChI is InChI=1S/C9H7BrFNO5/c10-6-4-7(11)5(1-2-17-9(13)14)3-8(6)12(15)16/h3-4H,1-2H2,(H,13,14). The van der Waals surface area contributed by atoms with E-state index >= 15 is 0 Å². The van der Waals surface area contributed by atoms with Crippen LogP contribution < -0.4 is 0 Å². The lowest BCUT2D eigenvalue weighted by atomic mass is 10.1. The van der Waals surface area contributed by atoms with Gasteiger partial charge in [-0.25, -0.2) is 9.18 Å². The van der Waals surface area contributed by atoms with Crippen LogP contribution in [0, 0.1) is 15.9 Å². The molecule has 17 heavy (non-hydrogen) atoms. The van der Waals surface area contributed by atoms with Crippen molar-refractivity contribution in [3.63, 3.8) is 0 Å². The molecule has 0 saturated carbocycles. The normalized spacial score (nSPS) is 10.0. The highest BCUT2D eigenvalue weighted by atomic mass is 79.9. The molecule has 0 spiro atoms. The Morgan fingerprint density at radius 3 is 2.76 bits per heavy atom. The van der Waals surface area contributed by atoms with Crippen molar-refractivity contribution >= 4 is 27.8 Å². The summed E-state index contributed by atoms with van der Waals surface area (Å²) in [6, 6.07) is 2.01. The highest BCUT2D eigenvalue weighted by molar-refractivity contribution is 9.10. The van der Waals surface area contributed by atoms with E-state index in [1.807, 2.05) is 0 Å². The van der Waals surface area contributed by atoms with Crippen molar-refractivity contribution < 1.29 is 24.0 Å². The van der Waals surface area contributed by atoms with Gasteiger partial charge in [0.25, 0.3) is 5.69 Å². The number of carbonyl (C=O) groups is 1. The summed E-state index contributed by atoms with van der Waals surface area (Å²) in [6.07, 6.45) is -1.54. The first kappa shape index (κ1) is 13.4. The monoisotopic (exact) mass is 307 g/mol. The van der Waals surface area contributed by atoms with Crippen molar-refractivity contribution in [1.29, 1.82) is 0 Å². The molecule has 0 atom stereocenters. The summed E-state index contributed by atoms with van der Waals surface area (Å²) >= 11 is 2.87. The molecule has 0 saturated heterocycles. The first-order valence-electron chi connectivity index (χ1n) is 4.40. The summed E-state index contributed by atoms with van der Waals surface area (Å²) in [5.41, 5.74) is -0.252. The van der Waals surface area contributed by atoms with Gasteiger partial charge in [-0.2, -0.15) is 0 Å². The molecule has 0 heterocycles. The molecular weight excluding hydrogens is 301 g/mol. The summed E-state index contributed by atoms with van der Waals surface area (Å²) in [7, 11) is 0. The van der Waals surface area contributed by atoms with Crippen LogP contribution in [0.1, 0.15) is 5.56 Å². The first-order valence-corrected chi connectivity index (χ1v) is 5.19. The summed E-state index contributed by atoms with van der Waals surface area (Å²) in [5, 5.41) is 18.8. The van der Waals surface area contributed by atoms with Gasteiger partial charge in [0, 0.05) is 12.5 Å². The lowest BCUT2D eigenvalue weighted by Crippen LogP contribution is -2.06. The van der Waals surface area contributed by atoms with Crippen LogP contribution in [0.4, 0.5) is 14.9 Å². The summed E-state index contributed by atoms with van der Waals surface area (Å²) in [4.78, 5) is 20.0. The zero-order chi connectivity index (χ0) is 13.0. The Bertz CT molecular complexity index is 465. The van der Waals surface area contributed by atoms with E-state index < -0.39 is 16.9 Å². The molecule has 0 bridgehead atoms. The molecule has 0 unspecified atom stereocenters. The van der Waals surface area contributed by atoms with Crippen LogP contribution in [0.3, 0.4) is 0 Å². The van der Waals surface area contributed by atoms with Crippen LogP contribution in [0.25, 0.3) is 0 Å². The lowest BCUT2D eigenvalue weighted by Gasteiger charge is -2.04. The Morgan fingerprint density at radius 2 is 2.24 bits per heavy atom. The van der Waals surface area contributed by atoms with Gasteiger partial charge in [-0.3, -0.25) is 10.1 Å². The Balaban J connectivity index is 2.88. The first-order chi connectivity index (χ1) is 7.91. The fraction of sp³-hybridized carbons (Fsp3) is 0.222. The average molecular weight is 308 g/mol. The van der Waals surface area contributed by atoms with E-state index in [4.69, 9.17) is 5.11 Å². The third-order valence-corrected chi connectivity index (χ3v) is 2.54. The number of nitro benzene ring substituents is 1. The molecule has 6 nitrogen and oxygen atoms in total. The maximum Gasteiger partial charge on any atom is 0.505 e. The minimum Gasteiger partial charge on any atom is -0.450 e. The molecule has 0 aliphatic rings. The third-order valence-electron chi connectivity index (χ3n) is 1.91. The Morgan fingerprint density at radius 1 is 1.59 bits per heavy atom. The molecule has 0 aliphatic heterocycles. The van der Waals surface area contributed by atoms with E-state index in [2.05, 4.69) is 20.7 Å². The van der Waals surface area contributed by atoms with E-state index in [1.54, 1.807) is 0 Å². The predicted octanol–water partition coefficient (Wildman–Crippen LogP) is 2.73. The molecule has 0 aromatic heterocycles. The molecule has 0 radical (unpaired) electrons. The second kappa shape index (κ2) is 5.58. The van der Waals surface area contributed by atoms with Crippen molar-refractivity contribution in [1.82, 2.24) is 0 Å².